The van der Waals surface area contributed by atoms with Gasteiger partial charge < -0.3 is 10.5 Å². The lowest BCUT2D eigenvalue weighted by Crippen LogP contribution is -2.12. The molecule has 1 aliphatic rings. The van der Waals surface area contributed by atoms with Crippen molar-refractivity contribution in [3.63, 3.8) is 0 Å². The van der Waals surface area contributed by atoms with Crippen molar-refractivity contribution < 1.29 is 4.74 Å². The topological polar surface area (TPSA) is 59.1 Å². The van der Waals surface area contributed by atoms with Crippen LogP contribution in [-0.2, 0) is 11.3 Å². The quantitative estimate of drug-likeness (QED) is 0.620. The van der Waals surface area contributed by atoms with Gasteiger partial charge in [0.25, 0.3) is 0 Å². The fourth-order valence-electron chi connectivity index (χ4n) is 2.54. The molecule has 0 amide bonds. The van der Waals surface area contributed by atoms with E-state index in [1.165, 1.54) is 31.2 Å². The van der Waals surface area contributed by atoms with Gasteiger partial charge >= 0.3 is 0 Å². The van der Waals surface area contributed by atoms with Crippen molar-refractivity contribution in [3.05, 3.63) is 34.9 Å². The second kappa shape index (κ2) is 6.01. The van der Waals surface area contributed by atoms with Gasteiger partial charge in [0.05, 0.1) is 6.61 Å². The molecule has 1 aliphatic carbocycles. The minimum absolute atomic E-state index is 0.122. The first-order valence-electron chi connectivity index (χ1n) is 6.68. The Hall–Kier alpha value is -1.35. The highest BCUT2D eigenvalue weighted by molar-refractivity contribution is 5.95. The van der Waals surface area contributed by atoms with Crippen LogP contribution in [-0.4, -0.2) is 12.4 Å². The molecule has 0 spiro atoms. The number of amidine groups is 1. The number of nitrogens with two attached hydrogens (primary N) is 1. The zero-order valence-electron chi connectivity index (χ0n) is 11.0. The van der Waals surface area contributed by atoms with Crippen molar-refractivity contribution in [3.8, 4) is 0 Å². The van der Waals surface area contributed by atoms with Gasteiger partial charge in [0, 0.05) is 12.2 Å². The number of nitrogens with one attached hydrogen (secondary N) is 1. The molecule has 0 saturated heterocycles. The predicted octanol–water partition coefficient (Wildman–Crippen LogP) is 2.99. The van der Waals surface area contributed by atoms with Crippen molar-refractivity contribution in [1.29, 1.82) is 5.41 Å². The molecule has 0 heterocycles. The maximum Gasteiger partial charge on any atom is 0.122 e. The van der Waals surface area contributed by atoms with Gasteiger partial charge in [0.2, 0.25) is 0 Å². The van der Waals surface area contributed by atoms with Crippen molar-refractivity contribution in [2.45, 2.75) is 39.2 Å². The van der Waals surface area contributed by atoms with Gasteiger partial charge in [-0.15, -0.1) is 0 Å². The Kier molecular flexibility index (Phi) is 4.37. The fourth-order valence-corrected chi connectivity index (χ4v) is 2.54. The van der Waals surface area contributed by atoms with Gasteiger partial charge in [-0.25, -0.2) is 0 Å². The molecule has 2 rings (SSSR count). The Labute approximate surface area is 109 Å². The summed E-state index contributed by atoms with van der Waals surface area (Å²) in [6.45, 7) is 3.59. The summed E-state index contributed by atoms with van der Waals surface area (Å²) in [6.07, 6.45) is 5.37. The molecule has 3 nitrogen and oxygen atoms in total. The molecule has 3 heteroatoms. The molecule has 1 aromatic carbocycles. The first-order chi connectivity index (χ1) is 8.66. The van der Waals surface area contributed by atoms with Crippen molar-refractivity contribution >= 4 is 5.84 Å². The molecule has 3 N–H and O–H groups in total. The summed E-state index contributed by atoms with van der Waals surface area (Å²) in [4.78, 5) is 0. The third kappa shape index (κ3) is 3.33. The number of rotatable bonds is 5. The highest BCUT2D eigenvalue weighted by Crippen LogP contribution is 2.25. The molecule has 0 atom stereocenters. The smallest absolute Gasteiger partial charge is 0.122 e. The van der Waals surface area contributed by atoms with Crippen molar-refractivity contribution in [1.82, 2.24) is 0 Å². The first-order valence-corrected chi connectivity index (χ1v) is 6.68. The Morgan fingerprint density at radius 1 is 1.39 bits per heavy atom. The van der Waals surface area contributed by atoms with E-state index >= 15 is 0 Å². The average molecular weight is 246 g/mol. The molecule has 0 radical (unpaired) electrons. The standard InChI is InChI=1S/C15H22N2O/c1-11-8-13(15(16)17)6-7-14(11)10-18-9-12-4-2-3-5-12/h6-8,12H,2-5,9-10H2,1H3,(H3,16,17). The molecule has 1 fully saturated rings. The van der Waals surface area contributed by atoms with E-state index in [4.69, 9.17) is 15.9 Å². The van der Waals surface area contributed by atoms with Crippen LogP contribution >= 0.6 is 0 Å². The third-order valence-electron chi connectivity index (χ3n) is 3.74. The summed E-state index contributed by atoms with van der Waals surface area (Å²) < 4.78 is 5.80. The zero-order valence-corrected chi connectivity index (χ0v) is 11.0. The molecule has 0 unspecified atom stereocenters. The van der Waals surface area contributed by atoms with E-state index in [0.717, 1.165) is 23.7 Å². The molecule has 0 aliphatic heterocycles. The van der Waals surface area contributed by atoms with Gasteiger partial charge in [0.1, 0.15) is 5.84 Å². The van der Waals surface area contributed by atoms with Crippen LogP contribution in [0, 0.1) is 18.3 Å². The predicted molar refractivity (Wildman–Crippen MR) is 73.8 cm³/mol. The van der Waals surface area contributed by atoms with E-state index in [9.17, 15) is 0 Å². The van der Waals surface area contributed by atoms with Gasteiger partial charge in [-0.05, 0) is 42.9 Å². The normalized spacial score (nSPS) is 16.1. The van der Waals surface area contributed by atoms with Crippen LogP contribution in [0.2, 0.25) is 0 Å². The summed E-state index contributed by atoms with van der Waals surface area (Å²) in [5.41, 5.74) is 8.59. The van der Waals surface area contributed by atoms with E-state index in [2.05, 4.69) is 0 Å². The Morgan fingerprint density at radius 3 is 2.72 bits per heavy atom. The van der Waals surface area contributed by atoms with E-state index in [-0.39, 0.29) is 5.84 Å². The molecular weight excluding hydrogens is 224 g/mol. The first kappa shape index (κ1) is 13.1. The van der Waals surface area contributed by atoms with E-state index in [1.807, 2.05) is 25.1 Å². The van der Waals surface area contributed by atoms with E-state index in [0.29, 0.717) is 6.61 Å². The minimum atomic E-state index is 0.122. The Morgan fingerprint density at radius 2 is 2.11 bits per heavy atom. The molecule has 0 aromatic heterocycles. The number of hydrogen-bond donors (Lipinski definition) is 2. The maximum absolute atomic E-state index is 7.40. The van der Waals surface area contributed by atoms with Crippen LogP contribution in [0.5, 0.6) is 0 Å². The summed E-state index contributed by atoms with van der Waals surface area (Å²) >= 11 is 0. The largest absolute Gasteiger partial charge is 0.384 e. The lowest BCUT2D eigenvalue weighted by molar-refractivity contribution is 0.0885. The van der Waals surface area contributed by atoms with Gasteiger partial charge in [-0.2, -0.15) is 0 Å². The number of ether oxygens (including phenoxy) is 1. The van der Waals surface area contributed by atoms with Gasteiger partial charge in [0.15, 0.2) is 0 Å². The summed E-state index contributed by atoms with van der Waals surface area (Å²) in [6, 6.07) is 5.86. The minimum Gasteiger partial charge on any atom is -0.384 e. The second-order valence-electron chi connectivity index (χ2n) is 5.22. The van der Waals surface area contributed by atoms with E-state index in [1.54, 1.807) is 0 Å². The number of benzene rings is 1. The van der Waals surface area contributed by atoms with Gasteiger partial charge in [-0.1, -0.05) is 25.0 Å². The lowest BCUT2D eigenvalue weighted by Gasteiger charge is -2.12. The second-order valence-corrected chi connectivity index (χ2v) is 5.22. The SMILES string of the molecule is Cc1cc(C(=N)N)ccc1COCC1CCCC1. The number of aryl methyl sites for hydroxylation is 1. The molecule has 1 aromatic rings. The van der Waals surface area contributed by atoms with Crippen LogP contribution in [0.15, 0.2) is 18.2 Å². The highest BCUT2D eigenvalue weighted by Gasteiger charge is 2.14. The summed E-state index contributed by atoms with van der Waals surface area (Å²) in [5.74, 6) is 0.887. The van der Waals surface area contributed by atoms with E-state index < -0.39 is 0 Å². The Balaban J connectivity index is 1.87. The number of hydrogen-bond acceptors (Lipinski definition) is 2. The highest BCUT2D eigenvalue weighted by atomic mass is 16.5. The zero-order chi connectivity index (χ0) is 13.0. The van der Waals surface area contributed by atoms with Crippen LogP contribution in [0.3, 0.4) is 0 Å². The van der Waals surface area contributed by atoms with Crippen LogP contribution < -0.4 is 5.73 Å². The summed E-state index contributed by atoms with van der Waals surface area (Å²) in [5, 5.41) is 7.40. The monoisotopic (exact) mass is 246 g/mol. The Bertz CT molecular complexity index is 423. The molecule has 1 saturated carbocycles. The molecule has 18 heavy (non-hydrogen) atoms. The van der Waals surface area contributed by atoms with Crippen LogP contribution in [0.4, 0.5) is 0 Å². The van der Waals surface area contributed by atoms with Crippen molar-refractivity contribution in [2.24, 2.45) is 11.7 Å². The number of nitrogen functional groups attached to an aromatic ring is 1. The molecule has 98 valence electrons. The third-order valence-corrected chi connectivity index (χ3v) is 3.74. The van der Waals surface area contributed by atoms with Crippen LogP contribution in [0.25, 0.3) is 0 Å². The summed E-state index contributed by atoms with van der Waals surface area (Å²) in [7, 11) is 0. The maximum atomic E-state index is 7.40. The average Bonchev–Trinajstić information content (AvgIpc) is 2.84. The van der Waals surface area contributed by atoms with Crippen molar-refractivity contribution in [2.75, 3.05) is 6.61 Å². The van der Waals surface area contributed by atoms with Crippen LogP contribution in [0.1, 0.15) is 42.4 Å². The fraction of sp³-hybridized carbons (Fsp3) is 0.533. The van der Waals surface area contributed by atoms with Gasteiger partial charge in [-0.3, -0.25) is 5.41 Å². The lowest BCUT2D eigenvalue weighted by atomic mass is 10.1. The molecule has 0 bridgehead atoms. The molecular formula is C15H22N2O.